The summed E-state index contributed by atoms with van der Waals surface area (Å²) in [6.45, 7) is 8.31. The Bertz CT molecular complexity index is 563. The molecule has 0 bridgehead atoms. The number of aryl methyl sites for hydroxylation is 1. The molecule has 4 nitrogen and oxygen atoms in total. The molecule has 0 aliphatic carbocycles. The van der Waals surface area contributed by atoms with Crippen LogP contribution < -0.4 is 10.5 Å². The Morgan fingerprint density at radius 2 is 1.89 bits per heavy atom. The van der Waals surface area contributed by atoms with E-state index in [9.17, 15) is 8.42 Å². The molecule has 0 fully saturated rings. The minimum Gasteiger partial charge on any atom is -0.398 e. The number of sulfonamides is 1. The van der Waals surface area contributed by atoms with Gasteiger partial charge in [-0.1, -0.05) is 32.4 Å². The lowest BCUT2D eigenvalue weighted by atomic mass is 9.93. The Balaban J connectivity index is 2.92. The second-order valence-corrected chi connectivity index (χ2v) is 7.99. The molecule has 1 aromatic carbocycles. The third-order valence-electron chi connectivity index (χ3n) is 2.78. The van der Waals surface area contributed by atoms with Gasteiger partial charge >= 0.3 is 0 Å². The molecule has 0 aliphatic heterocycles. The van der Waals surface area contributed by atoms with Crippen LogP contribution in [0.4, 0.5) is 5.69 Å². The molecule has 0 radical (unpaired) electrons. The minimum absolute atomic E-state index is 0.0335. The maximum Gasteiger partial charge on any atom is 0.242 e. The summed E-state index contributed by atoms with van der Waals surface area (Å²) in [7, 11) is -3.61. The van der Waals surface area contributed by atoms with Crippen molar-refractivity contribution in [3.8, 4) is 0 Å². The second kappa shape index (κ2) is 5.69. The van der Waals surface area contributed by atoms with E-state index in [4.69, 9.17) is 17.3 Å². The lowest BCUT2D eigenvalue weighted by Crippen LogP contribution is -2.27. The van der Waals surface area contributed by atoms with Crippen LogP contribution in [0.1, 0.15) is 32.8 Å². The molecule has 0 unspecified atom stereocenters. The minimum atomic E-state index is -3.61. The number of benzene rings is 1. The van der Waals surface area contributed by atoms with Gasteiger partial charge in [-0.15, -0.1) is 0 Å². The summed E-state index contributed by atoms with van der Waals surface area (Å²) in [6.07, 6.45) is 0.741. The van der Waals surface area contributed by atoms with Crippen LogP contribution in [-0.2, 0) is 10.0 Å². The monoisotopic (exact) mass is 304 g/mol. The summed E-state index contributed by atoms with van der Waals surface area (Å²) in [5.41, 5.74) is 6.98. The summed E-state index contributed by atoms with van der Waals surface area (Å²) in [5, 5.41) is 0.190. The fourth-order valence-electron chi connectivity index (χ4n) is 1.51. The van der Waals surface area contributed by atoms with Crippen LogP contribution in [0.5, 0.6) is 0 Å². The van der Waals surface area contributed by atoms with Gasteiger partial charge in [-0.2, -0.15) is 0 Å². The van der Waals surface area contributed by atoms with E-state index < -0.39 is 10.0 Å². The van der Waals surface area contributed by atoms with E-state index in [0.29, 0.717) is 12.2 Å². The van der Waals surface area contributed by atoms with Crippen molar-refractivity contribution in [2.75, 3.05) is 12.3 Å². The van der Waals surface area contributed by atoms with Gasteiger partial charge in [0.1, 0.15) is 4.90 Å². The number of halogens is 1. The van der Waals surface area contributed by atoms with E-state index in [1.165, 1.54) is 6.07 Å². The molecule has 1 rings (SSSR count). The third kappa shape index (κ3) is 4.67. The number of nitrogen functional groups attached to an aromatic ring is 1. The van der Waals surface area contributed by atoms with E-state index in [-0.39, 0.29) is 15.3 Å². The second-order valence-electron chi connectivity index (χ2n) is 5.85. The number of anilines is 1. The van der Waals surface area contributed by atoms with E-state index in [1.54, 1.807) is 13.0 Å². The molecule has 108 valence electrons. The molecule has 0 heterocycles. The lowest BCUT2D eigenvalue weighted by molar-refractivity contribution is 0.378. The molecule has 19 heavy (non-hydrogen) atoms. The SMILES string of the molecule is Cc1cc(Cl)c(S(=O)(=O)NCCC(C)(C)C)cc1N. The molecular weight excluding hydrogens is 284 g/mol. The van der Waals surface area contributed by atoms with Gasteiger partial charge in [0.25, 0.3) is 0 Å². The van der Waals surface area contributed by atoms with Gasteiger partial charge in [-0.05, 0) is 36.5 Å². The van der Waals surface area contributed by atoms with Crippen LogP contribution in [0.25, 0.3) is 0 Å². The molecule has 3 N–H and O–H groups in total. The zero-order valence-corrected chi connectivity index (χ0v) is 13.3. The Labute approximate surface area is 120 Å². The van der Waals surface area contributed by atoms with Crippen molar-refractivity contribution in [3.05, 3.63) is 22.7 Å². The van der Waals surface area contributed by atoms with Gasteiger partial charge in [-0.3, -0.25) is 0 Å². The van der Waals surface area contributed by atoms with Crippen LogP contribution in [0.15, 0.2) is 17.0 Å². The summed E-state index contributed by atoms with van der Waals surface area (Å²) in [5.74, 6) is 0. The summed E-state index contributed by atoms with van der Waals surface area (Å²) < 4.78 is 26.9. The zero-order valence-electron chi connectivity index (χ0n) is 11.7. The number of hydrogen-bond acceptors (Lipinski definition) is 3. The van der Waals surface area contributed by atoms with Crippen LogP contribution in [0, 0.1) is 12.3 Å². The van der Waals surface area contributed by atoms with Crippen LogP contribution in [-0.4, -0.2) is 15.0 Å². The first-order valence-corrected chi connectivity index (χ1v) is 7.94. The van der Waals surface area contributed by atoms with E-state index >= 15 is 0 Å². The third-order valence-corrected chi connectivity index (χ3v) is 4.70. The average molecular weight is 305 g/mol. The average Bonchev–Trinajstić information content (AvgIpc) is 2.20. The summed E-state index contributed by atoms with van der Waals surface area (Å²) in [4.78, 5) is 0.0335. The summed E-state index contributed by atoms with van der Waals surface area (Å²) in [6, 6.07) is 2.96. The first-order chi connectivity index (χ1) is 8.53. The summed E-state index contributed by atoms with van der Waals surface area (Å²) >= 11 is 5.98. The molecule has 0 saturated heterocycles. The van der Waals surface area contributed by atoms with Crippen molar-refractivity contribution in [3.63, 3.8) is 0 Å². The molecule has 0 saturated carbocycles. The molecule has 0 atom stereocenters. The Kier molecular flexibility index (Phi) is 4.87. The highest BCUT2D eigenvalue weighted by Gasteiger charge is 2.20. The number of nitrogens with two attached hydrogens (primary N) is 1. The molecule has 0 amide bonds. The van der Waals surface area contributed by atoms with E-state index in [2.05, 4.69) is 25.5 Å². The number of hydrogen-bond donors (Lipinski definition) is 2. The molecular formula is C13H21ClN2O2S. The Hall–Kier alpha value is -0.780. The highest BCUT2D eigenvalue weighted by molar-refractivity contribution is 7.89. The highest BCUT2D eigenvalue weighted by atomic mass is 35.5. The molecule has 0 aliphatic rings. The van der Waals surface area contributed by atoms with Crippen molar-refractivity contribution >= 4 is 27.3 Å². The maximum atomic E-state index is 12.2. The first-order valence-electron chi connectivity index (χ1n) is 6.08. The largest absolute Gasteiger partial charge is 0.398 e. The lowest BCUT2D eigenvalue weighted by Gasteiger charge is -2.18. The van der Waals surface area contributed by atoms with Crippen molar-refractivity contribution in [2.45, 2.75) is 39.0 Å². The van der Waals surface area contributed by atoms with Gasteiger partial charge < -0.3 is 5.73 Å². The van der Waals surface area contributed by atoms with E-state index in [1.807, 2.05) is 0 Å². The van der Waals surface area contributed by atoms with Gasteiger partial charge in [-0.25, -0.2) is 13.1 Å². The maximum absolute atomic E-state index is 12.2. The predicted octanol–water partition coefficient (Wildman–Crippen LogP) is 2.95. The molecule has 0 aromatic heterocycles. The van der Waals surface area contributed by atoms with Crippen LogP contribution in [0.3, 0.4) is 0 Å². The van der Waals surface area contributed by atoms with Crippen molar-refractivity contribution in [1.29, 1.82) is 0 Å². The van der Waals surface area contributed by atoms with Crippen molar-refractivity contribution in [2.24, 2.45) is 5.41 Å². The standard InChI is InChI=1S/C13H21ClN2O2S/c1-9-7-10(14)12(8-11(9)15)19(17,18)16-6-5-13(2,3)4/h7-8,16H,5-6,15H2,1-4H3. The zero-order chi connectivity index (χ0) is 14.8. The number of nitrogens with one attached hydrogen (secondary N) is 1. The van der Waals surface area contributed by atoms with Crippen molar-refractivity contribution < 1.29 is 8.42 Å². The molecule has 0 spiro atoms. The fraction of sp³-hybridized carbons (Fsp3) is 0.538. The topological polar surface area (TPSA) is 72.2 Å². The van der Waals surface area contributed by atoms with E-state index in [0.717, 1.165) is 12.0 Å². The van der Waals surface area contributed by atoms with Crippen molar-refractivity contribution in [1.82, 2.24) is 4.72 Å². The fourth-order valence-corrected chi connectivity index (χ4v) is 3.16. The predicted molar refractivity (Wildman–Crippen MR) is 79.9 cm³/mol. The Morgan fingerprint density at radius 3 is 2.42 bits per heavy atom. The normalized spacial score (nSPS) is 12.7. The Morgan fingerprint density at radius 1 is 1.32 bits per heavy atom. The van der Waals surface area contributed by atoms with Gasteiger partial charge in [0.2, 0.25) is 10.0 Å². The highest BCUT2D eigenvalue weighted by Crippen LogP contribution is 2.27. The molecule has 1 aromatic rings. The molecule has 6 heteroatoms. The number of rotatable bonds is 4. The van der Waals surface area contributed by atoms with Crippen LogP contribution in [0.2, 0.25) is 5.02 Å². The first kappa shape index (κ1) is 16.3. The quantitative estimate of drug-likeness (QED) is 0.840. The smallest absolute Gasteiger partial charge is 0.242 e. The van der Waals surface area contributed by atoms with Gasteiger partial charge in [0.05, 0.1) is 5.02 Å². The van der Waals surface area contributed by atoms with Crippen LogP contribution >= 0.6 is 11.6 Å². The van der Waals surface area contributed by atoms with Gasteiger partial charge in [0.15, 0.2) is 0 Å². The van der Waals surface area contributed by atoms with Gasteiger partial charge in [0, 0.05) is 12.2 Å².